The van der Waals surface area contributed by atoms with Crippen LogP contribution in [0.5, 0.6) is 0 Å². The molecular weight excluding hydrogens is 128 g/mol. The number of nitrogens with zero attached hydrogens (tertiary/aromatic N) is 2. The van der Waals surface area contributed by atoms with Gasteiger partial charge in [0.15, 0.2) is 5.82 Å². The molecule has 4 heteroatoms. The van der Waals surface area contributed by atoms with Crippen molar-refractivity contribution in [1.29, 1.82) is 0 Å². The number of H-pyrrole nitrogens is 1. The van der Waals surface area contributed by atoms with Crippen LogP contribution in [0.2, 0.25) is 0 Å². The maximum absolute atomic E-state index is 5.26. The van der Waals surface area contributed by atoms with Crippen molar-refractivity contribution < 1.29 is 0 Å². The lowest BCUT2D eigenvalue weighted by Crippen LogP contribution is -1.87. The summed E-state index contributed by atoms with van der Waals surface area (Å²) in [5.74, 6) is 1.47. The fourth-order valence-electron chi connectivity index (χ4n) is 0.594. The maximum Gasteiger partial charge on any atom is 0.178 e. The summed E-state index contributed by atoms with van der Waals surface area (Å²) in [5.41, 5.74) is 6.14. The molecule has 54 valence electrons. The Balaban J connectivity index is 2.95. The van der Waals surface area contributed by atoms with Gasteiger partial charge in [-0.3, -0.25) is 5.10 Å². The van der Waals surface area contributed by atoms with Crippen LogP contribution in [0.25, 0.3) is 5.57 Å². The molecule has 0 radical (unpaired) electrons. The van der Waals surface area contributed by atoms with Crippen molar-refractivity contribution in [2.75, 3.05) is 0 Å². The highest BCUT2D eigenvalue weighted by atomic mass is 15.2. The molecule has 1 heterocycles. The molecule has 4 nitrogen and oxygen atoms in total. The monoisotopic (exact) mass is 138 g/mol. The largest absolute Gasteiger partial charge is 0.404 e. The summed E-state index contributed by atoms with van der Waals surface area (Å²) in [7, 11) is 0. The Labute approximate surface area is 59.2 Å². The van der Waals surface area contributed by atoms with Crippen LogP contribution in [0.3, 0.4) is 0 Å². The molecule has 0 bridgehead atoms. The van der Waals surface area contributed by atoms with Crippen LogP contribution >= 0.6 is 0 Å². The van der Waals surface area contributed by atoms with Crippen LogP contribution < -0.4 is 5.73 Å². The van der Waals surface area contributed by atoms with Gasteiger partial charge >= 0.3 is 0 Å². The molecule has 0 spiro atoms. The molecule has 1 rings (SSSR count). The summed E-state index contributed by atoms with van der Waals surface area (Å²) in [6.45, 7) is 3.71. The van der Waals surface area contributed by atoms with E-state index in [9.17, 15) is 0 Å². The fourth-order valence-corrected chi connectivity index (χ4v) is 0.594. The number of allylic oxidation sites excluding steroid dienone is 1. The first-order valence-corrected chi connectivity index (χ1v) is 3.02. The molecule has 1 aromatic rings. The zero-order valence-electron chi connectivity index (χ0n) is 6.05. The molecule has 1 aromatic heterocycles. The van der Waals surface area contributed by atoms with Gasteiger partial charge in [-0.2, -0.15) is 5.10 Å². The molecule has 10 heavy (non-hydrogen) atoms. The molecule has 0 aromatic carbocycles. The number of aromatic amines is 1. The van der Waals surface area contributed by atoms with E-state index in [4.69, 9.17) is 5.73 Å². The zero-order valence-corrected chi connectivity index (χ0v) is 6.05. The van der Waals surface area contributed by atoms with Crippen molar-refractivity contribution >= 4 is 5.57 Å². The highest BCUT2D eigenvalue weighted by Gasteiger charge is 1.99. The topological polar surface area (TPSA) is 67.6 Å². The van der Waals surface area contributed by atoms with Gasteiger partial charge in [0.2, 0.25) is 0 Å². The summed E-state index contributed by atoms with van der Waals surface area (Å²) >= 11 is 0. The van der Waals surface area contributed by atoms with E-state index in [2.05, 4.69) is 15.2 Å². The Morgan fingerprint density at radius 3 is 2.80 bits per heavy atom. The Morgan fingerprint density at radius 1 is 1.70 bits per heavy atom. The van der Waals surface area contributed by atoms with Crippen LogP contribution in [0.15, 0.2) is 6.20 Å². The minimum Gasteiger partial charge on any atom is -0.404 e. The van der Waals surface area contributed by atoms with E-state index in [1.807, 2.05) is 13.8 Å². The van der Waals surface area contributed by atoms with Crippen LogP contribution in [-0.4, -0.2) is 15.2 Å². The Bertz CT molecular complexity index is 248. The van der Waals surface area contributed by atoms with Crippen LogP contribution in [0.1, 0.15) is 18.6 Å². The van der Waals surface area contributed by atoms with Crippen molar-refractivity contribution in [2.24, 2.45) is 5.73 Å². The van der Waals surface area contributed by atoms with Crippen molar-refractivity contribution in [1.82, 2.24) is 15.2 Å². The summed E-state index contributed by atoms with van der Waals surface area (Å²) in [5, 5.41) is 6.63. The fraction of sp³-hybridized carbons (Fsp3) is 0.333. The normalized spacial score (nSPS) is 12.0. The molecule has 0 atom stereocenters. The van der Waals surface area contributed by atoms with Gasteiger partial charge in [-0.25, -0.2) is 4.98 Å². The van der Waals surface area contributed by atoms with Gasteiger partial charge < -0.3 is 5.73 Å². The Kier molecular flexibility index (Phi) is 1.71. The van der Waals surface area contributed by atoms with E-state index in [0.29, 0.717) is 5.82 Å². The van der Waals surface area contributed by atoms with Gasteiger partial charge in [0.25, 0.3) is 0 Å². The lowest BCUT2D eigenvalue weighted by Gasteiger charge is -1.87. The highest BCUT2D eigenvalue weighted by molar-refractivity contribution is 5.55. The standard InChI is InChI=1S/C6H10N4/c1-4(3-7)6-8-5(2)9-10-6/h3H,7H2,1-2H3,(H,8,9,10)/b4-3+. The van der Waals surface area contributed by atoms with Gasteiger partial charge in [-0.05, 0) is 13.8 Å². The number of hydrogen-bond donors (Lipinski definition) is 2. The summed E-state index contributed by atoms with van der Waals surface area (Å²) in [4.78, 5) is 4.07. The minimum atomic E-state index is 0.667. The Morgan fingerprint density at radius 2 is 2.40 bits per heavy atom. The molecule has 0 aliphatic rings. The van der Waals surface area contributed by atoms with E-state index >= 15 is 0 Å². The van der Waals surface area contributed by atoms with Gasteiger partial charge in [0, 0.05) is 11.8 Å². The first-order chi connectivity index (χ1) is 4.74. The molecule has 0 fully saturated rings. The van der Waals surface area contributed by atoms with Gasteiger partial charge in [0.1, 0.15) is 5.82 Å². The van der Waals surface area contributed by atoms with E-state index in [1.165, 1.54) is 6.20 Å². The average molecular weight is 138 g/mol. The molecule has 3 N–H and O–H groups in total. The molecule has 0 aliphatic heterocycles. The second-order valence-corrected chi connectivity index (χ2v) is 2.09. The predicted octanol–water partition coefficient (Wildman–Crippen LogP) is 0.433. The third-order valence-corrected chi connectivity index (χ3v) is 1.20. The van der Waals surface area contributed by atoms with Crippen LogP contribution in [0.4, 0.5) is 0 Å². The first kappa shape index (κ1) is 6.80. The number of aromatic nitrogens is 3. The summed E-state index contributed by atoms with van der Waals surface area (Å²) in [6, 6.07) is 0. The second-order valence-electron chi connectivity index (χ2n) is 2.09. The average Bonchev–Trinajstić information content (AvgIpc) is 2.34. The third kappa shape index (κ3) is 1.15. The minimum absolute atomic E-state index is 0.667. The summed E-state index contributed by atoms with van der Waals surface area (Å²) < 4.78 is 0. The third-order valence-electron chi connectivity index (χ3n) is 1.20. The predicted molar refractivity (Wildman–Crippen MR) is 39.0 cm³/mol. The van der Waals surface area contributed by atoms with Crippen molar-refractivity contribution in [2.45, 2.75) is 13.8 Å². The van der Waals surface area contributed by atoms with Gasteiger partial charge in [-0.15, -0.1) is 0 Å². The molecule has 0 saturated heterocycles. The Hall–Kier alpha value is -1.32. The van der Waals surface area contributed by atoms with Gasteiger partial charge in [-0.1, -0.05) is 0 Å². The number of nitrogens with one attached hydrogen (secondary N) is 1. The first-order valence-electron chi connectivity index (χ1n) is 3.02. The highest BCUT2D eigenvalue weighted by Crippen LogP contribution is 2.04. The molecule has 0 amide bonds. The summed E-state index contributed by atoms with van der Waals surface area (Å²) in [6.07, 6.45) is 1.49. The van der Waals surface area contributed by atoms with Crippen LogP contribution in [0, 0.1) is 6.92 Å². The second kappa shape index (κ2) is 2.51. The number of aryl methyl sites for hydroxylation is 1. The lowest BCUT2D eigenvalue weighted by atomic mass is 10.3. The lowest BCUT2D eigenvalue weighted by molar-refractivity contribution is 1.03. The maximum atomic E-state index is 5.26. The number of nitrogens with two attached hydrogens (primary N) is 1. The number of rotatable bonds is 1. The van der Waals surface area contributed by atoms with Gasteiger partial charge in [0.05, 0.1) is 0 Å². The van der Waals surface area contributed by atoms with Crippen LogP contribution in [-0.2, 0) is 0 Å². The SMILES string of the molecule is C/C(=C\N)c1n[nH]c(C)n1. The van der Waals surface area contributed by atoms with Crippen molar-refractivity contribution in [3.05, 3.63) is 17.8 Å². The number of hydrogen-bond acceptors (Lipinski definition) is 3. The van der Waals surface area contributed by atoms with E-state index in [0.717, 1.165) is 11.4 Å². The molecular formula is C6H10N4. The van der Waals surface area contributed by atoms with E-state index in [-0.39, 0.29) is 0 Å². The van der Waals surface area contributed by atoms with Crippen molar-refractivity contribution in [3.8, 4) is 0 Å². The molecule has 0 unspecified atom stereocenters. The zero-order chi connectivity index (χ0) is 7.56. The molecule has 0 saturated carbocycles. The smallest absolute Gasteiger partial charge is 0.178 e. The molecule has 0 aliphatic carbocycles. The van der Waals surface area contributed by atoms with Crippen molar-refractivity contribution in [3.63, 3.8) is 0 Å². The van der Waals surface area contributed by atoms with E-state index < -0.39 is 0 Å². The quantitative estimate of drug-likeness (QED) is 0.591. The van der Waals surface area contributed by atoms with E-state index in [1.54, 1.807) is 0 Å².